The van der Waals surface area contributed by atoms with Crippen LogP contribution in [0, 0.1) is 12.8 Å². The van der Waals surface area contributed by atoms with Crippen LogP contribution >= 0.6 is 0 Å². The predicted molar refractivity (Wildman–Crippen MR) is 126 cm³/mol. The van der Waals surface area contributed by atoms with Gasteiger partial charge in [-0.2, -0.15) is 0 Å². The first-order valence-electron chi connectivity index (χ1n) is 11.6. The molecule has 174 valence electrons. The Morgan fingerprint density at radius 2 is 1.94 bits per heavy atom. The number of benzene rings is 1. The largest absolute Gasteiger partial charge is 0.491 e. The molecule has 0 bridgehead atoms. The molecule has 8 nitrogen and oxygen atoms in total. The van der Waals surface area contributed by atoms with Gasteiger partial charge in [0.1, 0.15) is 24.0 Å². The van der Waals surface area contributed by atoms with Gasteiger partial charge in [-0.1, -0.05) is 20.3 Å². The zero-order valence-corrected chi connectivity index (χ0v) is 19.7. The van der Waals surface area contributed by atoms with Crippen LogP contribution in [0.4, 0.5) is 5.82 Å². The van der Waals surface area contributed by atoms with Crippen LogP contribution in [0.5, 0.6) is 5.75 Å². The van der Waals surface area contributed by atoms with E-state index in [1.165, 1.54) is 0 Å². The standard InChI is InChI=1S/C24H35N5O3/c1-5-18(6-2)22(30)10-8-7-9-13-25-23-24-28-27-17(3)29(24)21-12-11-19(16-20(21)26-23)32-15-14-31-4/h11-12,16,18H,5-10,13-15H2,1-4H3,(H,25,26). The third-order valence-electron chi connectivity index (χ3n) is 5.85. The summed E-state index contributed by atoms with van der Waals surface area (Å²) in [6.07, 6.45) is 5.47. The van der Waals surface area contributed by atoms with Crippen LogP contribution in [-0.2, 0) is 9.53 Å². The van der Waals surface area contributed by atoms with E-state index in [0.29, 0.717) is 36.9 Å². The van der Waals surface area contributed by atoms with Crippen LogP contribution in [0.15, 0.2) is 18.2 Å². The van der Waals surface area contributed by atoms with Crippen molar-refractivity contribution in [1.29, 1.82) is 0 Å². The molecule has 1 aromatic carbocycles. The number of hydrogen-bond donors (Lipinski definition) is 1. The Morgan fingerprint density at radius 3 is 2.69 bits per heavy atom. The van der Waals surface area contributed by atoms with Gasteiger partial charge in [0.15, 0.2) is 5.82 Å². The third kappa shape index (κ3) is 5.73. The molecule has 8 heteroatoms. The molecule has 2 aromatic heterocycles. The number of ketones is 1. The van der Waals surface area contributed by atoms with Crippen LogP contribution in [0.2, 0.25) is 0 Å². The second-order valence-electron chi connectivity index (χ2n) is 8.08. The van der Waals surface area contributed by atoms with Gasteiger partial charge in [0, 0.05) is 32.1 Å². The average molecular weight is 442 g/mol. The summed E-state index contributed by atoms with van der Waals surface area (Å²) in [6, 6.07) is 5.83. The number of Topliss-reactive ketones (excluding diaryl/α,β-unsaturated/α-hetero) is 1. The zero-order valence-electron chi connectivity index (χ0n) is 19.7. The highest BCUT2D eigenvalue weighted by Gasteiger charge is 2.15. The number of unbranched alkanes of at least 4 members (excludes halogenated alkanes) is 2. The van der Waals surface area contributed by atoms with E-state index in [2.05, 4.69) is 29.4 Å². The summed E-state index contributed by atoms with van der Waals surface area (Å²) in [5, 5.41) is 12.0. The molecule has 0 atom stereocenters. The molecule has 0 saturated carbocycles. The lowest BCUT2D eigenvalue weighted by molar-refractivity contribution is -0.123. The minimum atomic E-state index is 0.225. The molecule has 0 spiro atoms. The van der Waals surface area contributed by atoms with Crippen LogP contribution in [0.25, 0.3) is 16.7 Å². The van der Waals surface area contributed by atoms with E-state index in [1.807, 2.05) is 29.5 Å². The maximum Gasteiger partial charge on any atom is 0.204 e. The summed E-state index contributed by atoms with van der Waals surface area (Å²) < 4.78 is 12.8. The predicted octanol–water partition coefficient (Wildman–Crippen LogP) is 4.59. The van der Waals surface area contributed by atoms with Crippen molar-refractivity contribution in [3.63, 3.8) is 0 Å². The van der Waals surface area contributed by atoms with Crippen molar-refractivity contribution in [3.05, 3.63) is 24.0 Å². The van der Waals surface area contributed by atoms with Gasteiger partial charge in [0.25, 0.3) is 0 Å². The van der Waals surface area contributed by atoms with E-state index < -0.39 is 0 Å². The number of methoxy groups -OCH3 is 1. The third-order valence-corrected chi connectivity index (χ3v) is 5.85. The van der Waals surface area contributed by atoms with Crippen molar-refractivity contribution in [2.24, 2.45) is 5.92 Å². The summed E-state index contributed by atoms with van der Waals surface area (Å²) in [7, 11) is 1.65. The topological polar surface area (TPSA) is 90.6 Å². The van der Waals surface area contributed by atoms with Gasteiger partial charge in [0.05, 0.1) is 17.6 Å². The van der Waals surface area contributed by atoms with Crippen LogP contribution in [-0.4, -0.2) is 52.2 Å². The lowest BCUT2D eigenvalue weighted by atomic mass is 9.94. The molecule has 3 rings (SSSR count). The van der Waals surface area contributed by atoms with E-state index >= 15 is 0 Å². The second-order valence-corrected chi connectivity index (χ2v) is 8.08. The highest BCUT2D eigenvalue weighted by atomic mass is 16.5. The van der Waals surface area contributed by atoms with E-state index in [4.69, 9.17) is 14.5 Å². The molecule has 0 fully saturated rings. The molecule has 0 radical (unpaired) electrons. The van der Waals surface area contributed by atoms with Gasteiger partial charge < -0.3 is 14.8 Å². The Hall–Kier alpha value is -2.74. The van der Waals surface area contributed by atoms with Gasteiger partial charge in [-0.25, -0.2) is 4.98 Å². The number of aromatic nitrogens is 4. The normalized spacial score (nSPS) is 11.5. The second kappa shape index (κ2) is 11.8. The van der Waals surface area contributed by atoms with Gasteiger partial charge in [-0.15, -0.1) is 10.2 Å². The molecular weight excluding hydrogens is 406 g/mol. The number of anilines is 1. The molecule has 0 unspecified atom stereocenters. The van der Waals surface area contributed by atoms with Gasteiger partial charge in [-0.05, 0) is 44.7 Å². The fourth-order valence-corrected chi connectivity index (χ4v) is 3.96. The van der Waals surface area contributed by atoms with Gasteiger partial charge >= 0.3 is 0 Å². The fourth-order valence-electron chi connectivity index (χ4n) is 3.96. The first-order chi connectivity index (χ1) is 15.6. The Balaban J connectivity index is 1.64. The SMILES string of the molecule is CCC(CC)C(=O)CCCCCNc1nc2cc(OCCOC)ccc2n2c(C)nnc12. The molecule has 1 N–H and O–H groups in total. The molecule has 3 aromatic rings. The Bertz CT molecular complexity index is 1030. The number of nitrogens with one attached hydrogen (secondary N) is 1. The van der Waals surface area contributed by atoms with Crippen LogP contribution in [0.1, 0.15) is 58.2 Å². The highest BCUT2D eigenvalue weighted by Crippen LogP contribution is 2.25. The van der Waals surface area contributed by atoms with Crippen LogP contribution in [0.3, 0.4) is 0 Å². The molecule has 2 heterocycles. The number of aryl methyl sites for hydroxylation is 1. The number of ether oxygens (including phenoxy) is 2. The van der Waals surface area contributed by atoms with Crippen molar-refractivity contribution in [1.82, 2.24) is 19.6 Å². The van der Waals surface area contributed by atoms with Crippen molar-refractivity contribution >= 4 is 28.3 Å². The van der Waals surface area contributed by atoms with Crippen LogP contribution < -0.4 is 10.1 Å². The number of carbonyl (C=O) groups excluding carboxylic acids is 1. The summed E-state index contributed by atoms with van der Waals surface area (Å²) in [4.78, 5) is 17.0. The Labute approximate surface area is 189 Å². The Morgan fingerprint density at radius 1 is 1.12 bits per heavy atom. The summed E-state index contributed by atoms with van der Waals surface area (Å²) in [6.45, 7) is 7.90. The first-order valence-corrected chi connectivity index (χ1v) is 11.6. The number of hydrogen-bond acceptors (Lipinski definition) is 7. The van der Waals surface area contributed by atoms with E-state index in [-0.39, 0.29) is 5.92 Å². The van der Waals surface area contributed by atoms with Crippen molar-refractivity contribution < 1.29 is 14.3 Å². The monoisotopic (exact) mass is 441 g/mol. The molecule has 32 heavy (non-hydrogen) atoms. The van der Waals surface area contributed by atoms with Crippen molar-refractivity contribution in [2.45, 2.75) is 59.3 Å². The van der Waals surface area contributed by atoms with E-state index in [1.54, 1.807) is 7.11 Å². The van der Waals surface area contributed by atoms with Gasteiger partial charge in [0.2, 0.25) is 5.65 Å². The molecule has 0 aliphatic heterocycles. The smallest absolute Gasteiger partial charge is 0.204 e. The lowest BCUT2D eigenvalue weighted by Crippen LogP contribution is -2.12. The number of carbonyl (C=O) groups is 1. The number of fused-ring (bicyclic) bond motifs is 3. The number of rotatable bonds is 14. The van der Waals surface area contributed by atoms with Crippen molar-refractivity contribution in [2.75, 3.05) is 32.2 Å². The average Bonchev–Trinajstić information content (AvgIpc) is 3.19. The molecule has 0 aliphatic rings. The first kappa shape index (κ1) is 23.9. The maximum atomic E-state index is 12.2. The quantitative estimate of drug-likeness (QED) is 0.366. The maximum absolute atomic E-state index is 12.2. The zero-order chi connectivity index (χ0) is 22.9. The molecular formula is C24H35N5O3. The van der Waals surface area contributed by atoms with E-state index in [9.17, 15) is 4.79 Å². The minimum Gasteiger partial charge on any atom is -0.491 e. The van der Waals surface area contributed by atoms with Crippen molar-refractivity contribution in [3.8, 4) is 5.75 Å². The Kier molecular flexibility index (Phi) is 8.79. The summed E-state index contributed by atoms with van der Waals surface area (Å²) in [5.74, 6) is 2.90. The number of nitrogens with zero attached hydrogens (tertiary/aromatic N) is 4. The summed E-state index contributed by atoms with van der Waals surface area (Å²) >= 11 is 0. The molecule has 0 amide bonds. The molecule has 0 saturated heterocycles. The minimum absolute atomic E-state index is 0.225. The highest BCUT2D eigenvalue weighted by molar-refractivity contribution is 5.84. The van der Waals surface area contributed by atoms with E-state index in [0.717, 1.165) is 61.3 Å². The summed E-state index contributed by atoms with van der Waals surface area (Å²) in [5.41, 5.74) is 2.47. The fraction of sp³-hybridized carbons (Fsp3) is 0.583. The lowest BCUT2D eigenvalue weighted by Gasteiger charge is -2.12. The van der Waals surface area contributed by atoms with Gasteiger partial charge in [-0.3, -0.25) is 9.20 Å². The molecule has 0 aliphatic carbocycles.